The van der Waals surface area contributed by atoms with Crippen LogP contribution in [0.1, 0.15) is 68.6 Å². The molecule has 0 spiro atoms. The molecule has 3 unspecified atom stereocenters. The maximum Gasteiger partial charge on any atom is 0.111 e. The van der Waals surface area contributed by atoms with E-state index >= 15 is 0 Å². The zero-order chi connectivity index (χ0) is 44.5. The van der Waals surface area contributed by atoms with Gasteiger partial charge in [-0.15, -0.1) is 5.56 Å². The Balaban J connectivity index is 0.000000158. The molecule has 0 saturated heterocycles. The van der Waals surface area contributed by atoms with Gasteiger partial charge < -0.3 is 35.5 Å². The van der Waals surface area contributed by atoms with Gasteiger partial charge in [0.05, 0.1) is 18.0 Å². The van der Waals surface area contributed by atoms with Crippen LogP contribution in [0, 0.1) is 89.0 Å². The van der Waals surface area contributed by atoms with Crippen molar-refractivity contribution < 1.29 is 20.1 Å². The second-order valence-electron chi connectivity index (χ2n) is 15.3. The number of anilines is 3. The van der Waals surface area contributed by atoms with Gasteiger partial charge in [-0.05, 0) is 117 Å². The van der Waals surface area contributed by atoms with E-state index < -0.39 is 0 Å². The van der Waals surface area contributed by atoms with E-state index in [1.54, 1.807) is 0 Å². The Hall–Kier alpha value is -7.54. The predicted octanol–water partition coefficient (Wildman–Crippen LogP) is 13.4. The summed E-state index contributed by atoms with van der Waals surface area (Å²) in [5, 5.41) is 31.9. The Morgan fingerprint density at radius 3 is 1.06 bits per heavy atom. The van der Waals surface area contributed by atoms with Gasteiger partial charge in [-0.25, -0.2) is 6.57 Å². The molecule has 0 saturated carbocycles. The van der Waals surface area contributed by atoms with Gasteiger partial charge in [-0.1, -0.05) is 54.6 Å². The van der Waals surface area contributed by atoms with Gasteiger partial charge in [-0.3, -0.25) is 0 Å². The third-order valence-electron chi connectivity index (χ3n) is 10.8. The molecule has 6 aromatic rings. The Labute approximate surface area is 391 Å². The van der Waals surface area contributed by atoms with Gasteiger partial charge in [0.15, 0.2) is 0 Å². The van der Waals surface area contributed by atoms with Crippen LogP contribution < -0.4 is 14.7 Å². The van der Waals surface area contributed by atoms with Crippen molar-refractivity contribution in [2.75, 3.05) is 14.7 Å². The molecule has 0 aromatic heterocycles. The first-order valence-corrected chi connectivity index (χ1v) is 20.5. The fourth-order valence-electron chi connectivity index (χ4n) is 8.01. The number of hydrogen-bond donors (Lipinski definition) is 0. The van der Waals surface area contributed by atoms with Crippen molar-refractivity contribution in [3.63, 3.8) is 0 Å². The third kappa shape index (κ3) is 10.0. The predicted molar refractivity (Wildman–Crippen MR) is 251 cm³/mol. The first kappa shape index (κ1) is 46.0. The van der Waals surface area contributed by atoms with Gasteiger partial charge in [0.2, 0.25) is 0 Å². The van der Waals surface area contributed by atoms with Crippen LogP contribution in [0.5, 0.6) is 0 Å². The number of allylic oxidation sites excluding steroid dienone is 2. The summed E-state index contributed by atoms with van der Waals surface area (Å²) in [5.41, 5.74) is 14.1. The van der Waals surface area contributed by atoms with Crippen LogP contribution in [-0.2, 0) is 20.1 Å². The van der Waals surface area contributed by atoms with Crippen LogP contribution in [0.4, 0.5) is 17.1 Å². The van der Waals surface area contributed by atoms with E-state index in [1.165, 1.54) is 33.4 Å². The van der Waals surface area contributed by atoms with Crippen molar-refractivity contribution >= 4 is 17.1 Å². The summed E-state index contributed by atoms with van der Waals surface area (Å²) in [7, 11) is 0. The fourth-order valence-corrected chi connectivity index (χ4v) is 8.01. The molecule has 3 heterocycles. The van der Waals surface area contributed by atoms with Crippen molar-refractivity contribution in [1.82, 2.24) is 0 Å². The molecule has 1 radical (unpaired) electrons. The summed E-state index contributed by atoms with van der Waals surface area (Å²) in [5.74, 6) is 0.430. The van der Waals surface area contributed by atoms with Crippen molar-refractivity contribution in [1.29, 1.82) is 10.5 Å². The average Bonchev–Trinajstić information content (AvgIpc) is 4.05. The Morgan fingerprint density at radius 1 is 0.469 bits per heavy atom. The molecule has 64 heavy (non-hydrogen) atoms. The van der Waals surface area contributed by atoms with Gasteiger partial charge in [-0.2, -0.15) is 113 Å². The van der Waals surface area contributed by atoms with E-state index in [-0.39, 0.29) is 38.6 Å². The second-order valence-corrected chi connectivity index (χ2v) is 15.3. The minimum Gasteiger partial charge on any atom is -0.653 e. The molecule has 9 rings (SSSR count). The molecule has 3 aliphatic rings. The summed E-state index contributed by atoms with van der Waals surface area (Å²) in [6.45, 7) is 19.7. The maximum absolute atomic E-state index is 9.19. The minimum absolute atomic E-state index is 0. The molecule has 9 nitrogen and oxygen atoms in total. The monoisotopic (exact) mass is 1010 g/mol. The first-order valence-electron chi connectivity index (χ1n) is 20.5. The standard InChI is InChI=1S/3C18H15N3.Ir/c1-13-8-7-9-14(2)17(13)21-12-16(19-3)20-18(21)15-10-5-4-6-11-15;2*1-13-7-6-8-14(2)17(13)21-12-16(11-19)20-18(21)15-9-4-3-5-10-15;/h4-10,12,18H,1-2H3;2*3-9,12,18H,1-2H3;/q3*-2;. The summed E-state index contributed by atoms with van der Waals surface area (Å²) in [4.78, 5) is 9.69. The third-order valence-corrected chi connectivity index (χ3v) is 10.8. The topological polar surface area (TPSA) is 104 Å². The summed E-state index contributed by atoms with van der Waals surface area (Å²) in [6, 6.07) is 55.8. The van der Waals surface area contributed by atoms with Crippen LogP contribution in [0.2, 0.25) is 0 Å². The van der Waals surface area contributed by atoms with E-state index in [2.05, 4.69) is 144 Å². The molecular weight excluding hydrogens is 967 g/mol. The molecule has 10 heteroatoms. The Bertz CT molecular complexity index is 2430. The number of aryl methyl sites for hydroxylation is 6. The molecule has 0 bridgehead atoms. The van der Waals surface area contributed by atoms with Crippen LogP contribution in [0.25, 0.3) is 20.8 Å². The van der Waals surface area contributed by atoms with E-state index in [4.69, 9.17) is 6.57 Å². The van der Waals surface area contributed by atoms with E-state index in [1.807, 2.05) is 110 Å². The normalized spacial score (nSPS) is 16.8. The van der Waals surface area contributed by atoms with Gasteiger partial charge in [0.25, 0.3) is 0 Å². The van der Waals surface area contributed by atoms with Crippen molar-refractivity contribution in [3.05, 3.63) is 259 Å². The van der Waals surface area contributed by atoms with Crippen molar-refractivity contribution in [2.24, 2.45) is 0 Å². The maximum atomic E-state index is 9.19. The molecule has 3 aliphatic heterocycles. The van der Waals surface area contributed by atoms with Crippen molar-refractivity contribution in [3.8, 4) is 12.1 Å². The average molecular weight is 1010 g/mol. The zero-order valence-corrected chi connectivity index (χ0v) is 38.8. The molecule has 0 amide bonds. The van der Waals surface area contributed by atoms with Gasteiger partial charge in [0.1, 0.15) is 6.17 Å². The molecule has 0 fully saturated rings. The molecule has 6 aromatic carbocycles. The number of benzene rings is 6. The SMILES string of the molecule is Cc1cccc(C)c1N1C=C(C#N)[N-]C1c1[c-]cccc1.Cc1cccc(C)c1N1C=C(C#N)[N-]C1c1[c-]cccc1.[C-]#[N+]C1=CN(c2c(C)cccc2C)C(c2[c-]cccc2)[N-]1.[Ir]. The van der Waals surface area contributed by atoms with Gasteiger partial charge in [0, 0.05) is 37.2 Å². The summed E-state index contributed by atoms with van der Waals surface area (Å²) < 4.78 is 0. The summed E-state index contributed by atoms with van der Waals surface area (Å²) in [6.07, 6.45) is 4.81. The quantitative estimate of drug-likeness (QED) is 0.155. The largest absolute Gasteiger partial charge is 0.653 e. The van der Waals surface area contributed by atoms with Crippen LogP contribution in [0.15, 0.2) is 163 Å². The smallest absolute Gasteiger partial charge is 0.111 e. The molecule has 321 valence electrons. The Kier molecular flexibility index (Phi) is 15.1. The molecule has 0 N–H and O–H groups in total. The molecule has 3 atom stereocenters. The second kappa shape index (κ2) is 21.0. The number of nitriles is 2. The fraction of sp³-hybridized carbons (Fsp3) is 0.167. The number of nitrogens with zero attached hydrogens (tertiary/aromatic N) is 9. The molecular formula is C54H45IrN9-6. The van der Waals surface area contributed by atoms with Crippen LogP contribution >= 0.6 is 0 Å². The van der Waals surface area contributed by atoms with Crippen LogP contribution in [-0.4, -0.2) is 0 Å². The number of hydrogen-bond acceptors (Lipinski definition) is 5. The number of rotatable bonds is 6. The summed E-state index contributed by atoms with van der Waals surface area (Å²) >= 11 is 0. The van der Waals surface area contributed by atoms with E-state index in [0.29, 0.717) is 17.2 Å². The van der Waals surface area contributed by atoms with Gasteiger partial charge >= 0.3 is 0 Å². The van der Waals surface area contributed by atoms with Crippen LogP contribution in [0.3, 0.4) is 0 Å². The zero-order valence-electron chi connectivity index (χ0n) is 36.4. The molecule has 0 aliphatic carbocycles. The van der Waals surface area contributed by atoms with Crippen molar-refractivity contribution in [2.45, 2.75) is 60.0 Å². The van der Waals surface area contributed by atoms with E-state index in [9.17, 15) is 10.5 Å². The Morgan fingerprint density at radius 2 is 0.781 bits per heavy atom. The number of para-hydroxylation sites is 3. The van der Waals surface area contributed by atoms with E-state index in [0.717, 1.165) is 33.8 Å². The first-order chi connectivity index (χ1) is 30.6. The minimum atomic E-state index is -0.222.